The number of carbonyl (C=O) groups excluding carboxylic acids is 2. The molecular weight excluding hydrogens is 396 g/mol. The molecule has 134 valence electrons. The van der Waals surface area contributed by atoms with Crippen LogP contribution < -0.4 is 0 Å². The summed E-state index contributed by atoms with van der Waals surface area (Å²) in [7, 11) is -12.5. The van der Waals surface area contributed by atoms with Crippen molar-refractivity contribution in [3.63, 3.8) is 0 Å². The van der Waals surface area contributed by atoms with E-state index in [0.29, 0.717) is 0 Å². The monoisotopic (exact) mass is 414 g/mol. The fraction of sp³-hybridized carbons (Fsp3) is 0.750. The zero-order valence-corrected chi connectivity index (χ0v) is 13.2. The number of esters is 2. The SMILES string of the molecule is CCOC(=O)C(O)(C(O)(C(=O)OCC)P(=O)(O)O)P(=O)(O)O.[NaH].[NaH]. The van der Waals surface area contributed by atoms with E-state index in [0.717, 1.165) is 13.8 Å². The molecule has 6 N–H and O–H groups in total. The van der Waals surface area contributed by atoms with Gasteiger partial charge in [0, 0.05) is 0 Å². The molecule has 0 bridgehead atoms. The summed E-state index contributed by atoms with van der Waals surface area (Å²) in [6.07, 6.45) is 0. The summed E-state index contributed by atoms with van der Waals surface area (Å²) in [4.78, 5) is 59.7. The Morgan fingerprint density at radius 1 is 0.792 bits per heavy atom. The normalized spacial score (nSPS) is 16.5. The maximum absolute atomic E-state index is 11.6. The molecule has 24 heavy (non-hydrogen) atoms. The molecule has 0 aromatic carbocycles. The third-order valence-electron chi connectivity index (χ3n) is 2.45. The summed E-state index contributed by atoms with van der Waals surface area (Å²) < 4.78 is 31.0. The minimum absolute atomic E-state index is 0. The van der Waals surface area contributed by atoms with Crippen molar-refractivity contribution < 1.29 is 58.0 Å². The summed E-state index contributed by atoms with van der Waals surface area (Å²) in [5.41, 5.74) is 0. The van der Waals surface area contributed by atoms with Crippen LogP contribution in [0.5, 0.6) is 0 Å². The fourth-order valence-electron chi connectivity index (χ4n) is 1.39. The molecule has 0 aromatic heterocycles. The van der Waals surface area contributed by atoms with Gasteiger partial charge in [-0.2, -0.15) is 0 Å². The average molecular weight is 414 g/mol. The van der Waals surface area contributed by atoms with Crippen molar-refractivity contribution in [1.29, 1.82) is 0 Å². The van der Waals surface area contributed by atoms with E-state index in [2.05, 4.69) is 9.47 Å². The van der Waals surface area contributed by atoms with Crippen LogP contribution in [0.1, 0.15) is 13.8 Å². The molecule has 16 heteroatoms. The van der Waals surface area contributed by atoms with Gasteiger partial charge in [-0.1, -0.05) is 0 Å². The van der Waals surface area contributed by atoms with Gasteiger partial charge in [0.05, 0.1) is 13.2 Å². The summed E-state index contributed by atoms with van der Waals surface area (Å²) in [5, 5.41) is 10.7. The van der Waals surface area contributed by atoms with Crippen LogP contribution in [0.25, 0.3) is 0 Å². The van der Waals surface area contributed by atoms with Gasteiger partial charge in [-0.3, -0.25) is 9.13 Å². The molecular formula is C8H18Na2O12P2. The minimum atomic E-state index is -6.23. The first kappa shape index (κ1) is 29.9. The summed E-state index contributed by atoms with van der Waals surface area (Å²) in [5.74, 6) is -4.61. The number of ether oxygens (including phenoxy) is 2. The van der Waals surface area contributed by atoms with E-state index in [1.54, 1.807) is 0 Å². The second kappa shape index (κ2) is 10.5. The molecule has 0 aliphatic carbocycles. The molecule has 12 nitrogen and oxygen atoms in total. The van der Waals surface area contributed by atoms with Gasteiger partial charge in [-0.05, 0) is 13.8 Å². The van der Waals surface area contributed by atoms with Crippen molar-refractivity contribution >= 4 is 86.2 Å². The van der Waals surface area contributed by atoms with E-state index in [4.69, 9.17) is 19.6 Å². The second-order valence-electron chi connectivity index (χ2n) is 3.87. The topological polar surface area (TPSA) is 208 Å². The van der Waals surface area contributed by atoms with E-state index in [1.807, 2.05) is 0 Å². The Labute approximate surface area is 180 Å². The Morgan fingerprint density at radius 2 is 1.00 bits per heavy atom. The van der Waals surface area contributed by atoms with Crippen LogP contribution in [0, 0.1) is 0 Å². The van der Waals surface area contributed by atoms with E-state index in [-0.39, 0.29) is 59.1 Å². The quantitative estimate of drug-likeness (QED) is 0.137. The first-order chi connectivity index (χ1) is 9.71. The predicted octanol–water partition coefficient (Wildman–Crippen LogP) is -3.45. The third-order valence-corrected chi connectivity index (χ3v) is 5.32. The van der Waals surface area contributed by atoms with Gasteiger partial charge in [-0.15, -0.1) is 0 Å². The second-order valence-corrected chi connectivity index (χ2v) is 7.34. The standard InChI is InChI=1S/C8H16O12P2.2Na.2H/c1-3-19-5(9)7(11,21(13,14)15)8(12,22(16,17)18)6(10)20-4-2;;;;/h11-12H,3-4H2,1-2H3,(H2,13,14,15)(H2,16,17,18);;;;. The van der Waals surface area contributed by atoms with E-state index < -0.39 is 51.0 Å². The molecule has 0 heterocycles. The first-order valence-electron chi connectivity index (χ1n) is 5.62. The molecule has 0 aliphatic rings. The summed E-state index contributed by atoms with van der Waals surface area (Å²) in [6, 6.07) is 0. The molecule has 0 saturated carbocycles. The van der Waals surface area contributed by atoms with E-state index in [9.17, 15) is 28.9 Å². The fourth-order valence-corrected chi connectivity index (χ4v) is 3.77. The van der Waals surface area contributed by atoms with E-state index >= 15 is 0 Å². The molecule has 0 fully saturated rings. The van der Waals surface area contributed by atoms with Crippen LogP contribution in [-0.2, 0) is 28.2 Å². The molecule has 2 unspecified atom stereocenters. The Kier molecular flexibility index (Phi) is 13.1. The van der Waals surface area contributed by atoms with Crippen molar-refractivity contribution in [2.24, 2.45) is 0 Å². The number of carbonyl (C=O) groups is 2. The zero-order valence-electron chi connectivity index (χ0n) is 11.4. The van der Waals surface area contributed by atoms with Crippen LogP contribution in [-0.4, -0.2) is 125 Å². The van der Waals surface area contributed by atoms with Gasteiger partial charge >= 0.3 is 96.9 Å². The molecule has 0 spiro atoms. The number of rotatable bonds is 7. The Bertz CT molecular complexity index is 495. The van der Waals surface area contributed by atoms with Gasteiger partial charge in [0.1, 0.15) is 0 Å². The Hall–Kier alpha value is 1.16. The maximum atomic E-state index is 11.6. The number of hydrogen-bond acceptors (Lipinski definition) is 8. The number of hydrogen-bond donors (Lipinski definition) is 6. The zero-order chi connectivity index (χ0) is 18.0. The Balaban J connectivity index is -0.00000220. The first-order valence-corrected chi connectivity index (χ1v) is 8.84. The van der Waals surface area contributed by atoms with Crippen molar-refractivity contribution in [3.05, 3.63) is 0 Å². The third kappa shape index (κ3) is 5.34. The number of aliphatic hydroxyl groups is 2. The Morgan fingerprint density at radius 3 is 1.12 bits per heavy atom. The van der Waals surface area contributed by atoms with Gasteiger partial charge in [0.25, 0.3) is 0 Å². The van der Waals surface area contributed by atoms with Crippen LogP contribution >= 0.6 is 15.2 Å². The van der Waals surface area contributed by atoms with E-state index in [1.165, 1.54) is 0 Å². The summed E-state index contributed by atoms with van der Waals surface area (Å²) in [6.45, 7) is 1.11. The molecule has 0 radical (unpaired) electrons. The van der Waals surface area contributed by atoms with Crippen molar-refractivity contribution in [1.82, 2.24) is 0 Å². The van der Waals surface area contributed by atoms with Crippen LogP contribution in [0.3, 0.4) is 0 Å². The van der Waals surface area contributed by atoms with Gasteiger partial charge in [-0.25, -0.2) is 9.59 Å². The predicted molar refractivity (Wildman–Crippen MR) is 81.6 cm³/mol. The van der Waals surface area contributed by atoms with Crippen molar-refractivity contribution in [3.8, 4) is 0 Å². The average Bonchev–Trinajstić information content (AvgIpc) is 2.34. The molecule has 0 saturated heterocycles. The van der Waals surface area contributed by atoms with Gasteiger partial charge in [0.15, 0.2) is 0 Å². The van der Waals surface area contributed by atoms with Crippen molar-refractivity contribution in [2.45, 2.75) is 24.5 Å². The molecule has 0 rings (SSSR count). The summed E-state index contributed by atoms with van der Waals surface area (Å²) >= 11 is 0. The molecule has 0 aromatic rings. The molecule has 0 amide bonds. The molecule has 0 aliphatic heterocycles. The van der Waals surface area contributed by atoms with Gasteiger partial charge in [0.2, 0.25) is 0 Å². The van der Waals surface area contributed by atoms with Crippen LogP contribution in [0.2, 0.25) is 0 Å². The van der Waals surface area contributed by atoms with Crippen molar-refractivity contribution in [2.75, 3.05) is 13.2 Å². The molecule has 2 atom stereocenters. The van der Waals surface area contributed by atoms with Gasteiger partial charge < -0.3 is 39.3 Å². The van der Waals surface area contributed by atoms with Crippen LogP contribution in [0.15, 0.2) is 0 Å². The van der Waals surface area contributed by atoms with Crippen LogP contribution in [0.4, 0.5) is 0 Å².